The molecular formula is C12H18ClIN2O. The van der Waals surface area contributed by atoms with Gasteiger partial charge < -0.3 is 10.6 Å². The maximum atomic E-state index is 11.9. The zero-order valence-corrected chi connectivity index (χ0v) is 13.2. The highest BCUT2D eigenvalue weighted by Crippen LogP contribution is 2.16. The Bertz CT molecular complexity index is 385. The van der Waals surface area contributed by atoms with E-state index in [9.17, 15) is 4.79 Å². The normalized spacial score (nSPS) is 11.5. The Morgan fingerprint density at radius 3 is 2.71 bits per heavy atom. The molecule has 2 N–H and O–H groups in total. The predicted octanol–water partition coefficient (Wildman–Crippen LogP) is 2.36. The Labute approximate surface area is 122 Å². The van der Waals surface area contributed by atoms with Gasteiger partial charge >= 0.3 is 0 Å². The zero-order chi connectivity index (χ0) is 12.1. The standard InChI is InChI=1S/C12H17IN2O.ClH/c1-8-5-4-6-10(11(8)13)12(16)15-7-9(2)14-3;/h4-6,9,14H,7H2,1-3H3,(H,15,16);1H. The molecule has 1 amide bonds. The lowest BCUT2D eigenvalue weighted by atomic mass is 10.1. The number of carbonyl (C=O) groups excluding carboxylic acids is 1. The van der Waals surface area contributed by atoms with Crippen molar-refractivity contribution in [1.82, 2.24) is 10.6 Å². The molecule has 17 heavy (non-hydrogen) atoms. The molecule has 0 heterocycles. The van der Waals surface area contributed by atoms with Gasteiger partial charge in [-0.15, -0.1) is 12.4 Å². The highest BCUT2D eigenvalue weighted by Gasteiger charge is 2.11. The van der Waals surface area contributed by atoms with Crippen molar-refractivity contribution in [2.45, 2.75) is 19.9 Å². The van der Waals surface area contributed by atoms with Crippen molar-refractivity contribution in [3.63, 3.8) is 0 Å². The van der Waals surface area contributed by atoms with E-state index in [0.717, 1.165) is 14.7 Å². The molecule has 0 aromatic heterocycles. The lowest BCUT2D eigenvalue weighted by Gasteiger charge is -2.12. The molecule has 3 nitrogen and oxygen atoms in total. The Kier molecular flexibility index (Phi) is 7.74. The van der Waals surface area contributed by atoms with Crippen molar-refractivity contribution in [2.24, 2.45) is 0 Å². The van der Waals surface area contributed by atoms with Gasteiger partial charge in [0.25, 0.3) is 5.91 Å². The summed E-state index contributed by atoms with van der Waals surface area (Å²) in [5, 5.41) is 5.99. The van der Waals surface area contributed by atoms with Crippen LogP contribution < -0.4 is 10.6 Å². The smallest absolute Gasteiger partial charge is 0.252 e. The SMILES string of the molecule is CNC(C)CNC(=O)c1cccc(C)c1I.Cl. The molecule has 0 saturated carbocycles. The van der Waals surface area contributed by atoms with Crippen LogP contribution in [0.3, 0.4) is 0 Å². The van der Waals surface area contributed by atoms with E-state index in [1.807, 2.05) is 39.1 Å². The third-order valence-corrected chi connectivity index (χ3v) is 3.93. The first-order valence-electron chi connectivity index (χ1n) is 5.26. The van der Waals surface area contributed by atoms with Crippen LogP contribution in [0.4, 0.5) is 0 Å². The maximum Gasteiger partial charge on any atom is 0.252 e. The zero-order valence-electron chi connectivity index (χ0n) is 10.2. The Morgan fingerprint density at radius 1 is 1.47 bits per heavy atom. The topological polar surface area (TPSA) is 41.1 Å². The lowest BCUT2D eigenvalue weighted by molar-refractivity contribution is 0.0949. The summed E-state index contributed by atoms with van der Waals surface area (Å²) in [6, 6.07) is 6.06. The van der Waals surface area contributed by atoms with E-state index < -0.39 is 0 Å². The molecule has 0 aliphatic carbocycles. The van der Waals surface area contributed by atoms with Crippen LogP contribution in [0.5, 0.6) is 0 Å². The second-order valence-electron chi connectivity index (χ2n) is 3.84. The van der Waals surface area contributed by atoms with E-state index in [-0.39, 0.29) is 24.4 Å². The molecule has 0 aliphatic heterocycles. The van der Waals surface area contributed by atoms with Crippen LogP contribution in [-0.2, 0) is 0 Å². The Morgan fingerprint density at radius 2 is 2.12 bits per heavy atom. The van der Waals surface area contributed by atoms with Gasteiger partial charge in [-0.3, -0.25) is 4.79 Å². The second kappa shape index (κ2) is 7.89. The minimum Gasteiger partial charge on any atom is -0.350 e. The predicted molar refractivity (Wildman–Crippen MR) is 82.0 cm³/mol. The summed E-state index contributed by atoms with van der Waals surface area (Å²) in [5.74, 6) is -0.00444. The van der Waals surface area contributed by atoms with E-state index in [1.54, 1.807) is 0 Å². The van der Waals surface area contributed by atoms with Gasteiger partial charge in [-0.2, -0.15) is 0 Å². The summed E-state index contributed by atoms with van der Waals surface area (Å²) < 4.78 is 1.02. The fourth-order valence-corrected chi connectivity index (χ4v) is 1.87. The minimum absolute atomic E-state index is 0. The molecule has 5 heteroatoms. The molecule has 0 spiro atoms. The Balaban J connectivity index is 0.00000256. The molecule has 0 bridgehead atoms. The van der Waals surface area contributed by atoms with Gasteiger partial charge in [0.1, 0.15) is 0 Å². The van der Waals surface area contributed by atoms with Crippen molar-refractivity contribution < 1.29 is 4.79 Å². The average Bonchev–Trinajstić information content (AvgIpc) is 2.29. The fourth-order valence-electron chi connectivity index (χ4n) is 1.27. The van der Waals surface area contributed by atoms with Crippen LogP contribution in [-0.4, -0.2) is 25.5 Å². The summed E-state index contributed by atoms with van der Waals surface area (Å²) in [6.45, 7) is 4.68. The number of nitrogens with one attached hydrogen (secondary N) is 2. The van der Waals surface area contributed by atoms with Crippen molar-refractivity contribution in [2.75, 3.05) is 13.6 Å². The molecule has 0 radical (unpaired) electrons. The monoisotopic (exact) mass is 368 g/mol. The van der Waals surface area contributed by atoms with E-state index in [1.165, 1.54) is 0 Å². The molecule has 1 rings (SSSR count). The second-order valence-corrected chi connectivity index (χ2v) is 4.91. The average molecular weight is 369 g/mol. The number of rotatable bonds is 4. The molecule has 96 valence electrons. The number of halogens is 2. The number of hydrogen-bond donors (Lipinski definition) is 2. The number of amides is 1. The van der Waals surface area contributed by atoms with Crippen molar-refractivity contribution >= 4 is 40.9 Å². The van der Waals surface area contributed by atoms with E-state index in [0.29, 0.717) is 6.54 Å². The van der Waals surface area contributed by atoms with Crippen molar-refractivity contribution in [3.8, 4) is 0 Å². The molecule has 1 atom stereocenters. The quantitative estimate of drug-likeness (QED) is 0.801. The fraction of sp³-hybridized carbons (Fsp3) is 0.417. The summed E-state index contributed by atoms with van der Waals surface area (Å²) in [6.07, 6.45) is 0. The first-order valence-corrected chi connectivity index (χ1v) is 6.34. The van der Waals surface area contributed by atoms with E-state index in [2.05, 4.69) is 33.2 Å². The van der Waals surface area contributed by atoms with Gasteiger partial charge in [-0.1, -0.05) is 12.1 Å². The highest BCUT2D eigenvalue weighted by atomic mass is 127. The summed E-state index contributed by atoms with van der Waals surface area (Å²) >= 11 is 2.21. The van der Waals surface area contributed by atoms with Crippen LogP contribution in [0.15, 0.2) is 18.2 Å². The van der Waals surface area contributed by atoms with Crippen LogP contribution in [0.1, 0.15) is 22.8 Å². The minimum atomic E-state index is -0.00444. The summed E-state index contributed by atoms with van der Waals surface area (Å²) in [4.78, 5) is 11.9. The van der Waals surface area contributed by atoms with E-state index in [4.69, 9.17) is 0 Å². The summed E-state index contributed by atoms with van der Waals surface area (Å²) in [7, 11) is 1.88. The van der Waals surface area contributed by atoms with Crippen LogP contribution in [0.25, 0.3) is 0 Å². The largest absolute Gasteiger partial charge is 0.350 e. The molecule has 0 aliphatic rings. The van der Waals surface area contributed by atoms with Crippen molar-refractivity contribution in [1.29, 1.82) is 0 Å². The number of likely N-dealkylation sites (N-methyl/N-ethyl adjacent to an activating group) is 1. The van der Waals surface area contributed by atoms with E-state index >= 15 is 0 Å². The van der Waals surface area contributed by atoms with Crippen molar-refractivity contribution in [3.05, 3.63) is 32.9 Å². The molecule has 0 saturated heterocycles. The number of aryl methyl sites for hydroxylation is 1. The number of benzene rings is 1. The molecule has 1 unspecified atom stereocenters. The van der Waals surface area contributed by atoms with Crippen LogP contribution in [0.2, 0.25) is 0 Å². The maximum absolute atomic E-state index is 11.9. The molecule has 1 aromatic rings. The van der Waals surface area contributed by atoms with Gasteiger partial charge in [0.05, 0.1) is 5.56 Å². The van der Waals surface area contributed by atoms with Gasteiger partial charge in [0, 0.05) is 16.2 Å². The highest BCUT2D eigenvalue weighted by molar-refractivity contribution is 14.1. The van der Waals surface area contributed by atoms with Gasteiger partial charge in [-0.25, -0.2) is 0 Å². The first-order chi connectivity index (χ1) is 7.56. The molecule has 1 aromatic carbocycles. The molecular weight excluding hydrogens is 351 g/mol. The van der Waals surface area contributed by atoms with Crippen LogP contribution in [0, 0.1) is 10.5 Å². The Hall–Kier alpha value is -0.330. The molecule has 0 fully saturated rings. The van der Waals surface area contributed by atoms with Crippen LogP contribution >= 0.6 is 35.0 Å². The lowest BCUT2D eigenvalue weighted by Crippen LogP contribution is -2.37. The van der Waals surface area contributed by atoms with Gasteiger partial charge in [0.2, 0.25) is 0 Å². The van der Waals surface area contributed by atoms with Gasteiger partial charge in [-0.05, 0) is 55.1 Å². The first kappa shape index (κ1) is 16.7. The van der Waals surface area contributed by atoms with Gasteiger partial charge in [0.15, 0.2) is 0 Å². The third-order valence-electron chi connectivity index (χ3n) is 2.50. The number of hydrogen-bond acceptors (Lipinski definition) is 2. The summed E-state index contributed by atoms with van der Waals surface area (Å²) in [5.41, 5.74) is 1.89. The number of carbonyl (C=O) groups is 1. The third kappa shape index (κ3) is 4.81.